The number of allylic oxidation sites excluding steroid dienone is 2. The Bertz CT molecular complexity index is 1230. The molecule has 8 nitrogen and oxygen atoms in total. The van der Waals surface area contributed by atoms with Crippen LogP contribution < -0.4 is 14.8 Å². The van der Waals surface area contributed by atoms with Crippen LogP contribution in [-0.4, -0.2) is 37.7 Å². The van der Waals surface area contributed by atoms with E-state index in [4.69, 9.17) is 30.5 Å². The molecule has 1 aliphatic heterocycles. The molecule has 198 valence electrons. The summed E-state index contributed by atoms with van der Waals surface area (Å²) < 4.78 is 21.4. The highest BCUT2D eigenvalue weighted by molar-refractivity contribution is 6.30. The van der Waals surface area contributed by atoms with Crippen molar-refractivity contribution in [2.45, 2.75) is 19.8 Å². The van der Waals surface area contributed by atoms with Gasteiger partial charge in [0.05, 0.1) is 17.1 Å². The largest absolute Gasteiger partial charge is 0.482 e. The van der Waals surface area contributed by atoms with E-state index in [1.807, 2.05) is 0 Å². The van der Waals surface area contributed by atoms with Gasteiger partial charge in [0.15, 0.2) is 6.61 Å². The molecule has 0 fully saturated rings. The summed E-state index contributed by atoms with van der Waals surface area (Å²) in [6, 6.07) is 13.1. The molecule has 9 heteroatoms. The molecule has 1 aliphatic rings. The van der Waals surface area contributed by atoms with Crippen LogP contribution in [0.1, 0.15) is 25.3 Å². The number of halogens is 1. The third kappa shape index (κ3) is 7.14. The molecule has 0 bridgehead atoms. The fourth-order valence-corrected chi connectivity index (χ4v) is 3.98. The summed E-state index contributed by atoms with van der Waals surface area (Å²) in [5.74, 6) is -1.86. The fraction of sp³-hybridized carbons (Fsp3) is 0.207. The number of carbonyl (C=O) groups excluding carboxylic acids is 3. The molecule has 1 heterocycles. The lowest BCUT2D eigenvalue weighted by molar-refractivity contribution is -0.139. The standard InChI is InChI=1S/C29H28ClNO7/c1-5-15-35-28(33)25-18(3)31-19(4)26(29(34)36-16-6-2)27(25)20-7-11-23(12-8-20)38-24(32)17-37-22-13-9-21(30)10-14-22/h5-14,27,31H,1-2,15-17H2,3-4H3. The SMILES string of the molecule is C=CCOC(=O)C1=C(C)NC(C)=C(C(=O)OCC=C)C1c1ccc(OC(=O)COc2ccc(Cl)cc2)cc1. The van der Waals surface area contributed by atoms with Crippen LogP contribution in [0.3, 0.4) is 0 Å². The molecule has 1 N–H and O–H groups in total. The third-order valence-corrected chi connectivity index (χ3v) is 5.73. The summed E-state index contributed by atoms with van der Waals surface area (Å²) >= 11 is 5.85. The van der Waals surface area contributed by atoms with Crippen molar-refractivity contribution in [1.29, 1.82) is 0 Å². The number of rotatable bonds is 11. The van der Waals surface area contributed by atoms with Gasteiger partial charge < -0.3 is 24.3 Å². The molecule has 0 atom stereocenters. The minimum atomic E-state index is -0.788. The van der Waals surface area contributed by atoms with Crippen molar-refractivity contribution >= 4 is 29.5 Å². The minimum Gasteiger partial charge on any atom is -0.482 e. The van der Waals surface area contributed by atoms with Crippen LogP contribution in [0.15, 0.2) is 96.4 Å². The molecule has 0 saturated heterocycles. The molecule has 2 aromatic rings. The predicted molar refractivity (Wildman–Crippen MR) is 143 cm³/mol. The van der Waals surface area contributed by atoms with E-state index in [0.717, 1.165) is 0 Å². The molecule has 0 amide bonds. The van der Waals surface area contributed by atoms with E-state index >= 15 is 0 Å². The van der Waals surface area contributed by atoms with Crippen molar-refractivity contribution in [2.24, 2.45) is 0 Å². The molecule has 0 saturated carbocycles. The van der Waals surface area contributed by atoms with Crippen LogP contribution in [0.4, 0.5) is 0 Å². The van der Waals surface area contributed by atoms with E-state index in [0.29, 0.717) is 27.7 Å². The number of dihydropyridines is 1. The van der Waals surface area contributed by atoms with Gasteiger partial charge in [-0.3, -0.25) is 0 Å². The second-order valence-electron chi connectivity index (χ2n) is 8.20. The van der Waals surface area contributed by atoms with E-state index in [2.05, 4.69) is 18.5 Å². The zero-order valence-corrected chi connectivity index (χ0v) is 21.9. The van der Waals surface area contributed by atoms with Gasteiger partial charge in [0.25, 0.3) is 0 Å². The van der Waals surface area contributed by atoms with Gasteiger partial charge in [0.2, 0.25) is 0 Å². The molecular formula is C29H28ClNO7. The minimum absolute atomic E-state index is 0.00819. The molecule has 0 radical (unpaired) electrons. The quantitative estimate of drug-likeness (QED) is 0.242. The highest BCUT2D eigenvalue weighted by Gasteiger charge is 2.38. The first-order chi connectivity index (χ1) is 18.2. The van der Waals surface area contributed by atoms with Crippen LogP contribution in [0, 0.1) is 0 Å². The number of carbonyl (C=O) groups is 3. The van der Waals surface area contributed by atoms with Crippen molar-refractivity contribution in [3.63, 3.8) is 0 Å². The van der Waals surface area contributed by atoms with E-state index in [1.165, 1.54) is 12.2 Å². The highest BCUT2D eigenvalue weighted by atomic mass is 35.5. The first-order valence-corrected chi connectivity index (χ1v) is 12.1. The molecule has 0 unspecified atom stereocenters. The monoisotopic (exact) mass is 537 g/mol. The molecule has 3 rings (SSSR count). The van der Waals surface area contributed by atoms with Crippen LogP contribution in [0.5, 0.6) is 11.5 Å². The Balaban J connectivity index is 1.84. The second-order valence-corrected chi connectivity index (χ2v) is 8.63. The van der Waals surface area contributed by atoms with Crippen molar-refractivity contribution in [1.82, 2.24) is 5.32 Å². The van der Waals surface area contributed by atoms with Gasteiger partial charge in [-0.1, -0.05) is 49.0 Å². The average molecular weight is 538 g/mol. The van der Waals surface area contributed by atoms with Gasteiger partial charge in [-0.15, -0.1) is 0 Å². The Morgan fingerprint density at radius 3 is 1.84 bits per heavy atom. The Morgan fingerprint density at radius 2 is 1.34 bits per heavy atom. The normalized spacial score (nSPS) is 13.3. The molecule has 0 spiro atoms. The van der Waals surface area contributed by atoms with Gasteiger partial charge in [-0.05, 0) is 55.8 Å². The lowest BCUT2D eigenvalue weighted by Gasteiger charge is -2.30. The van der Waals surface area contributed by atoms with Gasteiger partial charge in [0.1, 0.15) is 24.7 Å². The zero-order chi connectivity index (χ0) is 27.7. The summed E-state index contributed by atoms with van der Waals surface area (Å²) in [6.45, 7) is 10.3. The van der Waals surface area contributed by atoms with Crippen molar-refractivity contribution in [2.75, 3.05) is 19.8 Å². The van der Waals surface area contributed by atoms with Gasteiger partial charge in [-0.2, -0.15) is 0 Å². The Kier molecular flexibility index (Phi) is 9.90. The lowest BCUT2D eigenvalue weighted by atomic mass is 9.80. The molecule has 2 aromatic carbocycles. The zero-order valence-electron chi connectivity index (χ0n) is 21.1. The van der Waals surface area contributed by atoms with Crippen LogP contribution in [0.25, 0.3) is 0 Å². The molecule has 0 aromatic heterocycles. The topological polar surface area (TPSA) is 100 Å². The average Bonchev–Trinajstić information content (AvgIpc) is 2.90. The number of ether oxygens (including phenoxy) is 4. The summed E-state index contributed by atoms with van der Waals surface area (Å²) in [6.07, 6.45) is 2.92. The maximum Gasteiger partial charge on any atom is 0.349 e. The van der Waals surface area contributed by atoms with Crippen molar-refractivity contribution in [3.8, 4) is 11.5 Å². The summed E-state index contributed by atoms with van der Waals surface area (Å²) in [5, 5.41) is 3.63. The van der Waals surface area contributed by atoms with E-state index < -0.39 is 23.8 Å². The Labute approximate surface area is 226 Å². The van der Waals surface area contributed by atoms with Crippen molar-refractivity contribution < 1.29 is 33.3 Å². The number of nitrogens with one attached hydrogen (secondary N) is 1. The number of hydrogen-bond donors (Lipinski definition) is 1. The molecule has 0 aliphatic carbocycles. The smallest absolute Gasteiger partial charge is 0.349 e. The lowest BCUT2D eigenvalue weighted by Crippen LogP contribution is -2.32. The van der Waals surface area contributed by atoms with Crippen LogP contribution in [0.2, 0.25) is 5.02 Å². The van der Waals surface area contributed by atoms with Crippen molar-refractivity contribution in [3.05, 3.63) is 107 Å². The number of esters is 3. The highest BCUT2D eigenvalue weighted by Crippen LogP contribution is 2.39. The van der Waals surface area contributed by atoms with E-state index in [9.17, 15) is 14.4 Å². The van der Waals surface area contributed by atoms with Crippen LogP contribution >= 0.6 is 11.6 Å². The first kappa shape index (κ1) is 28.3. The predicted octanol–water partition coefficient (Wildman–Crippen LogP) is 5.02. The summed E-state index contributed by atoms with van der Waals surface area (Å²) in [7, 11) is 0. The second kappa shape index (κ2) is 13.3. The Hall–Kier alpha value is -4.30. The Morgan fingerprint density at radius 1 is 0.842 bits per heavy atom. The van der Waals surface area contributed by atoms with Crippen LogP contribution in [-0.2, 0) is 23.9 Å². The van der Waals surface area contributed by atoms with E-state index in [1.54, 1.807) is 62.4 Å². The maximum atomic E-state index is 13.0. The number of hydrogen-bond acceptors (Lipinski definition) is 8. The molecule has 38 heavy (non-hydrogen) atoms. The van der Waals surface area contributed by atoms with Gasteiger partial charge in [0, 0.05) is 16.4 Å². The van der Waals surface area contributed by atoms with Gasteiger partial charge >= 0.3 is 17.9 Å². The third-order valence-electron chi connectivity index (χ3n) is 5.48. The van der Waals surface area contributed by atoms with Gasteiger partial charge in [-0.25, -0.2) is 14.4 Å². The maximum absolute atomic E-state index is 13.0. The fourth-order valence-electron chi connectivity index (χ4n) is 3.86. The number of benzene rings is 2. The summed E-state index contributed by atoms with van der Waals surface area (Å²) in [5.41, 5.74) is 2.18. The van der Waals surface area contributed by atoms with E-state index in [-0.39, 0.29) is 36.7 Å². The molecular weight excluding hydrogens is 510 g/mol. The first-order valence-electron chi connectivity index (χ1n) is 11.7. The summed E-state index contributed by atoms with van der Waals surface area (Å²) in [4.78, 5) is 38.3.